The van der Waals surface area contributed by atoms with Crippen molar-refractivity contribution in [3.8, 4) is 17.7 Å². The van der Waals surface area contributed by atoms with Crippen molar-refractivity contribution in [1.29, 1.82) is 0 Å². The molecule has 9 heteroatoms. The Labute approximate surface area is 169 Å². The summed E-state index contributed by atoms with van der Waals surface area (Å²) >= 11 is 0. The molecule has 154 valence electrons. The smallest absolute Gasteiger partial charge is 0.222 e. The maximum absolute atomic E-state index is 10.3. The van der Waals surface area contributed by atoms with Gasteiger partial charge < -0.3 is 31.1 Å². The molecule has 1 fully saturated rings. The molecule has 0 spiro atoms. The van der Waals surface area contributed by atoms with Crippen LogP contribution in [0.1, 0.15) is 30.2 Å². The summed E-state index contributed by atoms with van der Waals surface area (Å²) in [6.45, 7) is 3.98. The van der Waals surface area contributed by atoms with Crippen molar-refractivity contribution >= 4 is 11.8 Å². The Balaban J connectivity index is 1.87. The Morgan fingerprint density at radius 2 is 2.03 bits per heavy atom. The third-order valence-electron chi connectivity index (χ3n) is 4.83. The molecule has 0 bridgehead atoms. The number of nitrogens with one attached hydrogen (secondary N) is 1. The van der Waals surface area contributed by atoms with E-state index in [-0.39, 0.29) is 12.6 Å². The van der Waals surface area contributed by atoms with Crippen molar-refractivity contribution in [3.05, 3.63) is 35.2 Å². The minimum atomic E-state index is -1.04. The fourth-order valence-electron chi connectivity index (χ4n) is 3.30. The first-order valence-corrected chi connectivity index (χ1v) is 9.41. The summed E-state index contributed by atoms with van der Waals surface area (Å²) in [5.41, 5.74) is 7.58. The molecule has 0 amide bonds. The molecule has 9 nitrogen and oxygen atoms in total. The van der Waals surface area contributed by atoms with Gasteiger partial charge in [0.15, 0.2) is 0 Å². The quantitative estimate of drug-likeness (QED) is 0.441. The Hall–Kier alpha value is -2.93. The molecule has 2 aromatic rings. The highest BCUT2D eigenvalue weighted by Crippen LogP contribution is 2.29. The van der Waals surface area contributed by atoms with Gasteiger partial charge >= 0.3 is 0 Å². The van der Waals surface area contributed by atoms with E-state index in [4.69, 9.17) is 10.5 Å². The van der Waals surface area contributed by atoms with Gasteiger partial charge in [0.1, 0.15) is 11.9 Å². The van der Waals surface area contributed by atoms with Crippen LogP contribution in [0.25, 0.3) is 0 Å². The van der Waals surface area contributed by atoms with Crippen LogP contribution in [0.4, 0.5) is 11.8 Å². The molecule has 2 aromatic heterocycles. The number of pyridine rings is 1. The van der Waals surface area contributed by atoms with Crippen LogP contribution in [-0.4, -0.2) is 61.7 Å². The number of rotatable bonds is 5. The van der Waals surface area contributed by atoms with Gasteiger partial charge in [-0.1, -0.05) is 11.8 Å². The minimum Gasteiger partial charge on any atom is -0.478 e. The van der Waals surface area contributed by atoms with E-state index in [1.54, 1.807) is 25.3 Å². The van der Waals surface area contributed by atoms with E-state index in [9.17, 15) is 15.3 Å². The summed E-state index contributed by atoms with van der Waals surface area (Å²) in [5, 5.41) is 32.8. The van der Waals surface area contributed by atoms with E-state index in [2.05, 4.69) is 32.1 Å². The second-order valence-corrected chi connectivity index (χ2v) is 6.87. The van der Waals surface area contributed by atoms with E-state index >= 15 is 0 Å². The third kappa shape index (κ3) is 4.74. The summed E-state index contributed by atoms with van der Waals surface area (Å²) in [5.74, 6) is 6.61. The second kappa shape index (κ2) is 9.05. The van der Waals surface area contributed by atoms with Gasteiger partial charge in [-0.05, 0) is 26.3 Å². The van der Waals surface area contributed by atoms with Crippen molar-refractivity contribution in [1.82, 2.24) is 15.0 Å². The Morgan fingerprint density at radius 1 is 1.24 bits per heavy atom. The lowest BCUT2D eigenvalue weighted by Gasteiger charge is -2.20. The molecular formula is C20H25N5O4. The van der Waals surface area contributed by atoms with E-state index < -0.39 is 24.2 Å². The molecule has 2 heterocycles. The van der Waals surface area contributed by atoms with Crippen LogP contribution in [0.15, 0.2) is 18.3 Å². The molecule has 0 aliphatic heterocycles. The summed E-state index contributed by atoms with van der Waals surface area (Å²) in [6, 6.07) is 3.04. The molecule has 1 aliphatic carbocycles. The summed E-state index contributed by atoms with van der Waals surface area (Å²) < 4.78 is 5.32. The van der Waals surface area contributed by atoms with E-state index in [1.165, 1.54) is 0 Å². The average molecular weight is 399 g/mol. The van der Waals surface area contributed by atoms with Crippen molar-refractivity contribution in [2.24, 2.45) is 5.92 Å². The van der Waals surface area contributed by atoms with Gasteiger partial charge in [0.05, 0.1) is 30.0 Å². The number of anilines is 2. The SMILES string of the molecule is CCOc1ccc(C#Cc2c(C)nc(N)nc2N[C@@H]2C[C@H](CO)[C@@H](O)[C@H]2O)cn1. The Kier molecular flexibility index (Phi) is 6.49. The molecule has 1 saturated carbocycles. The maximum atomic E-state index is 10.3. The molecule has 0 radical (unpaired) electrons. The largest absolute Gasteiger partial charge is 0.478 e. The predicted octanol–water partition coefficient (Wildman–Crippen LogP) is 0.0752. The monoisotopic (exact) mass is 399 g/mol. The normalized spacial score (nSPS) is 23.3. The van der Waals surface area contributed by atoms with Gasteiger partial charge in [-0.15, -0.1) is 0 Å². The fraction of sp³-hybridized carbons (Fsp3) is 0.450. The predicted molar refractivity (Wildman–Crippen MR) is 107 cm³/mol. The zero-order valence-corrected chi connectivity index (χ0v) is 16.3. The lowest BCUT2D eigenvalue weighted by Crippen LogP contribution is -2.36. The minimum absolute atomic E-state index is 0.0741. The van der Waals surface area contributed by atoms with Crippen molar-refractivity contribution in [3.63, 3.8) is 0 Å². The number of aromatic nitrogens is 3. The lowest BCUT2D eigenvalue weighted by atomic mass is 10.1. The molecule has 0 unspecified atom stereocenters. The van der Waals surface area contributed by atoms with E-state index in [0.717, 1.165) is 0 Å². The van der Waals surface area contributed by atoms with Gasteiger partial charge in [-0.25, -0.2) is 9.97 Å². The molecule has 1 aliphatic rings. The zero-order chi connectivity index (χ0) is 21.0. The fourth-order valence-corrected chi connectivity index (χ4v) is 3.30. The average Bonchev–Trinajstić information content (AvgIpc) is 2.96. The summed E-state index contributed by atoms with van der Waals surface area (Å²) in [6.07, 6.45) is -0.0547. The molecular weight excluding hydrogens is 374 g/mol. The van der Waals surface area contributed by atoms with Crippen LogP contribution in [0.5, 0.6) is 5.88 Å². The number of nitrogens with two attached hydrogens (primary N) is 1. The van der Waals surface area contributed by atoms with Crippen LogP contribution in [0.3, 0.4) is 0 Å². The van der Waals surface area contributed by atoms with Crippen LogP contribution in [0.2, 0.25) is 0 Å². The van der Waals surface area contributed by atoms with Gasteiger partial charge in [-0.2, -0.15) is 4.98 Å². The van der Waals surface area contributed by atoms with Crippen molar-refractivity contribution in [2.75, 3.05) is 24.3 Å². The van der Waals surface area contributed by atoms with E-state index in [0.29, 0.717) is 41.5 Å². The van der Waals surface area contributed by atoms with Gasteiger partial charge in [0.25, 0.3) is 0 Å². The molecule has 4 atom stereocenters. The lowest BCUT2D eigenvalue weighted by molar-refractivity contribution is 0.00445. The summed E-state index contributed by atoms with van der Waals surface area (Å²) in [7, 11) is 0. The van der Waals surface area contributed by atoms with Crippen LogP contribution >= 0.6 is 0 Å². The first-order valence-electron chi connectivity index (χ1n) is 9.41. The summed E-state index contributed by atoms with van der Waals surface area (Å²) in [4.78, 5) is 12.6. The third-order valence-corrected chi connectivity index (χ3v) is 4.83. The highest BCUT2D eigenvalue weighted by molar-refractivity contribution is 5.60. The zero-order valence-electron chi connectivity index (χ0n) is 16.3. The molecule has 0 aromatic carbocycles. The maximum Gasteiger partial charge on any atom is 0.222 e. The Morgan fingerprint density at radius 3 is 2.66 bits per heavy atom. The number of aliphatic hydroxyl groups is 3. The second-order valence-electron chi connectivity index (χ2n) is 6.87. The number of ether oxygens (including phenoxy) is 1. The number of hydrogen-bond donors (Lipinski definition) is 5. The number of nitrogens with zero attached hydrogens (tertiary/aromatic N) is 3. The molecule has 3 rings (SSSR count). The molecule has 29 heavy (non-hydrogen) atoms. The van der Waals surface area contributed by atoms with Gasteiger partial charge in [0, 0.05) is 30.4 Å². The standard InChI is InChI=1S/C20H25N5O4/c1-3-29-16-7-5-12(9-22-16)4-6-14-11(2)23-20(21)25-19(14)24-15-8-13(10-26)17(27)18(15)28/h5,7,9,13,15,17-18,26-28H,3,8,10H2,1-2H3,(H3,21,23,24,25)/t13-,15-,17-,18+/m1/s1. The van der Waals surface area contributed by atoms with Gasteiger partial charge in [0.2, 0.25) is 11.8 Å². The molecule has 0 saturated heterocycles. The highest BCUT2D eigenvalue weighted by atomic mass is 16.5. The number of hydrogen-bond acceptors (Lipinski definition) is 9. The van der Waals surface area contributed by atoms with E-state index in [1.807, 2.05) is 6.92 Å². The first-order chi connectivity index (χ1) is 13.9. The first kappa shape index (κ1) is 20.8. The highest BCUT2D eigenvalue weighted by Gasteiger charge is 2.41. The van der Waals surface area contributed by atoms with Crippen LogP contribution in [0, 0.1) is 24.7 Å². The number of aryl methyl sites for hydroxylation is 1. The number of aliphatic hydroxyl groups excluding tert-OH is 3. The molecule has 6 N–H and O–H groups in total. The van der Waals surface area contributed by atoms with Crippen molar-refractivity contribution in [2.45, 2.75) is 38.5 Å². The number of nitrogen functional groups attached to an aromatic ring is 1. The van der Waals surface area contributed by atoms with Crippen LogP contribution in [-0.2, 0) is 0 Å². The van der Waals surface area contributed by atoms with Gasteiger partial charge in [-0.3, -0.25) is 0 Å². The van der Waals surface area contributed by atoms with Crippen LogP contribution < -0.4 is 15.8 Å². The Bertz CT molecular complexity index is 910. The topological polar surface area (TPSA) is 147 Å². The van der Waals surface area contributed by atoms with Crippen molar-refractivity contribution < 1.29 is 20.1 Å².